The Morgan fingerprint density at radius 3 is 1.05 bits per heavy atom. The standard InChI is InChI=1S/C27H29FN10O.C26H29FN10O2S.C22H29N9O2S.C15H16N8O2S/c1-18-23(28)21(2-9-30-18)26(39)37-10-3-20(4-11-37)36-12-6-27(5-8-29,7-13-36)38-16-19(14-34-38)24-22-15-33-35-25(22)32-17-31-24;1-18-23(27)22(2-9-29-18)40(38,39)36-10-3-20(4-11-36)35-12-6-26(5-8-28,7-13-35)37-16-19(14-33-37)24-21-15-32-34-25(21)31-17-30-24;1-2-34(32,33)30-9-3-18(4-10-30)29-11-6-22(5-8-23,7-12-29)31-15-17(13-27-31)20-19-14-26-28-21(19)25-16-24-20;1-2-26(24,25)22-8-15(9-22,3-4-16)23-7-11(5-20-23)13-12-6-19-21-14(12)18-10-17-13/h2,9,14-17,20H,3-7,10-13H2,1H3,(H,31,32,33,35);2,9,14-17,20H,3-7,10-13H2,1H3,(H,30,31,32,34);13-16,18H,2-7,9-12H2,1H3,(H,24,25,26,28);5-7,10H,2-3,8-9H2,1H3,(H,17,18,19,21). The number of aryl methyl sites for hydroxylation is 2. The molecule has 0 saturated carbocycles. The minimum absolute atomic E-state index is 0.0411. The van der Waals surface area contributed by atoms with Gasteiger partial charge in [-0.1, -0.05) is 0 Å². The van der Waals surface area contributed by atoms with E-state index in [2.05, 4.69) is 150 Å². The molecule has 7 saturated heterocycles. The summed E-state index contributed by atoms with van der Waals surface area (Å²) in [5.41, 5.74) is 7.44. The van der Waals surface area contributed by atoms with Gasteiger partial charge in [-0.15, -0.1) is 0 Å². The van der Waals surface area contributed by atoms with Crippen LogP contribution in [0.25, 0.3) is 89.2 Å². The molecule has 44 nitrogen and oxygen atoms in total. The van der Waals surface area contributed by atoms with E-state index in [9.17, 15) is 59.9 Å². The Hall–Kier alpha value is -13.8. The van der Waals surface area contributed by atoms with Gasteiger partial charge >= 0.3 is 0 Å². The summed E-state index contributed by atoms with van der Waals surface area (Å²) in [6.07, 6.45) is 40.9. The van der Waals surface area contributed by atoms with Crippen molar-refractivity contribution in [2.75, 3.05) is 103 Å². The maximum atomic E-state index is 14.5. The van der Waals surface area contributed by atoms with Crippen molar-refractivity contribution in [1.29, 1.82) is 21.0 Å². The van der Waals surface area contributed by atoms with Crippen LogP contribution in [-0.2, 0) is 52.2 Å². The van der Waals surface area contributed by atoms with E-state index < -0.39 is 52.8 Å². The fourth-order valence-corrected chi connectivity index (χ4v) is 24.3. The first-order valence-electron chi connectivity index (χ1n) is 46.2. The smallest absolute Gasteiger partial charge is 0.256 e. The highest BCUT2D eigenvalue weighted by Crippen LogP contribution is 2.43. The zero-order valence-electron chi connectivity index (χ0n) is 77.0. The number of carbonyl (C=O) groups excluding carboxylic acids is 1. The van der Waals surface area contributed by atoms with Gasteiger partial charge in [-0.05, 0) is 117 Å². The summed E-state index contributed by atoms with van der Waals surface area (Å²) < 4.78 is 115. The van der Waals surface area contributed by atoms with Gasteiger partial charge in [0, 0.05) is 169 Å². The molecule has 49 heteroatoms. The van der Waals surface area contributed by atoms with E-state index >= 15 is 0 Å². The average Bonchev–Trinajstić information content (AvgIpc) is 1.68. The predicted molar refractivity (Wildman–Crippen MR) is 501 cm³/mol. The van der Waals surface area contributed by atoms with Crippen molar-refractivity contribution < 1.29 is 38.8 Å². The van der Waals surface area contributed by atoms with Crippen LogP contribution >= 0.6 is 0 Å². The molecule has 0 spiro atoms. The number of rotatable bonds is 22. The lowest BCUT2D eigenvalue weighted by molar-refractivity contribution is 0.0389. The third kappa shape index (κ3) is 19.0. The molecule has 7 aliphatic heterocycles. The maximum absolute atomic E-state index is 14.5. The van der Waals surface area contributed by atoms with Crippen LogP contribution in [0, 0.1) is 70.8 Å². The molecular weight excluding hydrogens is 1850 g/mol. The monoisotopic (exact) mass is 1950 g/mol. The Morgan fingerprint density at radius 1 is 0.396 bits per heavy atom. The molecule has 0 atom stereocenters. The fourth-order valence-electron chi connectivity index (χ4n) is 20.4. The number of H-pyrrole nitrogens is 4. The molecule has 722 valence electrons. The highest BCUT2D eigenvalue weighted by atomic mass is 32.2. The second kappa shape index (κ2) is 40.0. The first-order valence-corrected chi connectivity index (χ1v) is 50.9. The number of halogens is 2. The van der Waals surface area contributed by atoms with Gasteiger partial charge in [0.15, 0.2) is 34.2 Å². The summed E-state index contributed by atoms with van der Waals surface area (Å²) in [5.74, 6) is -1.39. The second-order valence-corrected chi connectivity index (χ2v) is 42.7. The molecule has 139 heavy (non-hydrogen) atoms. The van der Waals surface area contributed by atoms with Crippen molar-refractivity contribution in [3.05, 3.63) is 153 Å². The minimum Gasteiger partial charge on any atom is -0.338 e. The van der Waals surface area contributed by atoms with Crippen LogP contribution in [-0.4, -0.2) is 315 Å². The zero-order valence-corrected chi connectivity index (χ0v) is 79.5. The summed E-state index contributed by atoms with van der Waals surface area (Å²) in [4.78, 5) is 63.8. The third-order valence-electron chi connectivity index (χ3n) is 28.7. The molecule has 21 rings (SSSR count). The highest BCUT2D eigenvalue weighted by molar-refractivity contribution is 7.89. The average molecular weight is 1950 g/mol. The molecule has 4 N–H and O–H groups in total. The number of sulfonamides is 3. The van der Waals surface area contributed by atoms with E-state index in [1.54, 1.807) is 90.4 Å². The lowest BCUT2D eigenvalue weighted by atomic mass is 9.83. The van der Waals surface area contributed by atoms with Crippen LogP contribution in [0.15, 0.2) is 129 Å². The van der Waals surface area contributed by atoms with Crippen molar-refractivity contribution in [1.82, 2.24) is 162 Å². The SMILES string of the molecule is CCS(=O)(=O)N1CC(CC#N)(n2cc(-c3ncnc4[nH]ncc34)cn2)C1.CCS(=O)(=O)N1CCC(N2CCC(CC#N)(n3cc(-c4ncnc5[nH]ncc45)cn3)CC2)CC1.Cc1nccc(C(=O)N2CCC(N3CCC(CC#N)(n4cc(-c5ncnc6[nH]ncc56)cn4)CC3)CC2)c1F.Cc1nccc(S(=O)(=O)N2CCC(N3CCC(CC#N)(n4cc(-c5ncnc6[nH]ncc56)cn4)CC3)CC2)c1F. The largest absolute Gasteiger partial charge is 0.338 e. The first-order chi connectivity index (χ1) is 67.3. The highest BCUT2D eigenvalue weighted by Gasteiger charge is 2.51. The summed E-state index contributed by atoms with van der Waals surface area (Å²) in [6, 6.07) is 12.9. The molecule has 1 amide bonds. The molecule has 21 heterocycles. The van der Waals surface area contributed by atoms with Crippen LogP contribution in [0.3, 0.4) is 0 Å². The lowest BCUT2D eigenvalue weighted by Crippen LogP contribution is -2.64. The fraction of sp³-hybridized carbons (Fsp3) is 0.478. The van der Waals surface area contributed by atoms with E-state index in [1.165, 1.54) is 65.4 Å². The third-order valence-corrected chi connectivity index (χ3v) is 34.3. The topological polar surface area (TPSA) is 552 Å². The van der Waals surface area contributed by atoms with Crippen LogP contribution in [0.4, 0.5) is 8.78 Å². The van der Waals surface area contributed by atoms with E-state index in [1.807, 2.05) is 32.6 Å². The molecular formula is C90H103F2N37O7S3. The quantitative estimate of drug-likeness (QED) is 0.0500. The summed E-state index contributed by atoms with van der Waals surface area (Å²) >= 11 is 0. The summed E-state index contributed by atoms with van der Waals surface area (Å²) in [7, 11) is -10.3. The number of carbonyl (C=O) groups is 1. The van der Waals surface area contributed by atoms with Gasteiger partial charge in [-0.25, -0.2) is 78.2 Å². The van der Waals surface area contributed by atoms with Crippen LogP contribution in [0.5, 0.6) is 0 Å². The zero-order chi connectivity index (χ0) is 97.0. The normalized spacial score (nSPS) is 18.8. The first kappa shape index (κ1) is 95.5. The number of piperidine rings is 6. The number of likely N-dealkylation sites (tertiary alicyclic amines) is 4. The van der Waals surface area contributed by atoms with Crippen molar-refractivity contribution in [3.8, 4) is 69.3 Å². The molecule has 0 unspecified atom stereocenters. The van der Waals surface area contributed by atoms with Gasteiger partial charge in [-0.2, -0.15) is 70.4 Å². The van der Waals surface area contributed by atoms with Crippen molar-refractivity contribution in [2.24, 2.45) is 0 Å². The molecule has 0 aromatic carbocycles. The molecule has 14 aromatic heterocycles. The Labute approximate surface area is 798 Å². The molecule has 0 radical (unpaired) electrons. The lowest BCUT2D eigenvalue weighted by Gasteiger charge is -2.47. The Morgan fingerprint density at radius 2 is 0.705 bits per heavy atom. The van der Waals surface area contributed by atoms with Crippen LogP contribution < -0.4 is 0 Å². The van der Waals surface area contributed by atoms with Crippen molar-refractivity contribution in [2.45, 2.75) is 176 Å². The number of hydrogen-bond donors (Lipinski definition) is 4. The maximum Gasteiger partial charge on any atom is 0.256 e. The number of aromatic amines is 4. The van der Waals surface area contributed by atoms with Crippen LogP contribution in [0.1, 0.15) is 138 Å². The second-order valence-electron chi connectivity index (χ2n) is 36.3. The summed E-state index contributed by atoms with van der Waals surface area (Å²) in [5, 5.41) is 87.4. The van der Waals surface area contributed by atoms with E-state index in [-0.39, 0.29) is 75.9 Å². The van der Waals surface area contributed by atoms with Crippen LogP contribution in [0.2, 0.25) is 0 Å². The number of amides is 1. The van der Waals surface area contributed by atoms with E-state index in [0.29, 0.717) is 112 Å². The van der Waals surface area contributed by atoms with Crippen molar-refractivity contribution >= 4 is 80.1 Å². The molecule has 0 bridgehead atoms. The molecule has 14 aromatic rings. The van der Waals surface area contributed by atoms with E-state index in [4.69, 9.17) is 0 Å². The minimum atomic E-state index is -3.92. The van der Waals surface area contributed by atoms with Gasteiger partial charge in [0.1, 0.15) is 35.7 Å². The number of aromatic nitrogens is 26. The van der Waals surface area contributed by atoms with E-state index in [0.717, 1.165) is 164 Å². The van der Waals surface area contributed by atoms with Gasteiger partial charge in [0.05, 0.1) is 189 Å². The number of nitrogens with one attached hydrogen (secondary N) is 4. The summed E-state index contributed by atoms with van der Waals surface area (Å²) in [6.45, 7) is 14.8. The Balaban J connectivity index is 0.000000124. The van der Waals surface area contributed by atoms with Gasteiger partial charge < -0.3 is 19.6 Å². The van der Waals surface area contributed by atoms with Gasteiger partial charge in [0.25, 0.3) is 5.91 Å². The molecule has 7 fully saturated rings. The number of hydrogen-bond acceptors (Lipinski definition) is 32. The Kier molecular flexibility index (Phi) is 27.5. The number of nitrogens with zero attached hydrogens (tertiary/aromatic N) is 33. The molecule has 7 aliphatic rings. The number of pyridine rings is 2. The molecule has 0 aliphatic carbocycles. The number of fused-ring (bicyclic) bond motifs is 4. The Bertz CT molecular complexity index is 7330. The van der Waals surface area contributed by atoms with Crippen molar-refractivity contribution in [3.63, 3.8) is 0 Å². The van der Waals surface area contributed by atoms with Gasteiger partial charge in [-0.3, -0.25) is 53.9 Å². The predicted octanol–water partition coefficient (Wildman–Crippen LogP) is 7.91. The number of nitriles is 4. The van der Waals surface area contributed by atoms with Gasteiger partial charge in [0.2, 0.25) is 30.1 Å².